The van der Waals surface area contributed by atoms with Crippen LogP contribution >= 0.6 is 0 Å². The Hall–Kier alpha value is 0.314. The van der Waals surface area contributed by atoms with Crippen LogP contribution in [0.25, 0.3) is 0 Å². The molecule has 3 fully saturated rings. The molecule has 0 bridgehead atoms. The molecule has 3 heterocycles. The van der Waals surface area contributed by atoms with E-state index in [9.17, 15) is 3.32 Å². The second-order valence-electron chi connectivity index (χ2n) is 6.09. The Kier molecular flexibility index (Phi) is 1.52. The van der Waals surface area contributed by atoms with E-state index >= 15 is 0 Å². The first-order valence-corrected chi connectivity index (χ1v) is 11.2. The van der Waals surface area contributed by atoms with Gasteiger partial charge in [0.05, 0.1) is 0 Å². The summed E-state index contributed by atoms with van der Waals surface area (Å²) in [5, 5.41) is 0. The van der Waals surface area contributed by atoms with Gasteiger partial charge in [-0.3, -0.25) is 0 Å². The van der Waals surface area contributed by atoms with Crippen LogP contribution in [0.3, 0.4) is 0 Å². The second kappa shape index (κ2) is 2.14. The van der Waals surface area contributed by atoms with E-state index in [-0.39, 0.29) is 34.4 Å². The van der Waals surface area contributed by atoms with Crippen molar-refractivity contribution in [3.8, 4) is 0 Å². The van der Waals surface area contributed by atoms with E-state index in [1.807, 2.05) is 13.8 Å². The molecular formula is C9H18O6Ti. The van der Waals surface area contributed by atoms with Gasteiger partial charge in [0.2, 0.25) is 0 Å². The summed E-state index contributed by atoms with van der Waals surface area (Å²) in [6.07, 6.45) is -0.666. The summed E-state index contributed by atoms with van der Waals surface area (Å²) in [5.41, 5.74) is 0. The van der Waals surface area contributed by atoms with Crippen molar-refractivity contribution >= 4 is 0 Å². The normalized spacial score (nSPS) is 57.4. The van der Waals surface area contributed by atoms with Crippen molar-refractivity contribution in [1.82, 2.24) is 0 Å². The molecule has 0 saturated carbocycles. The van der Waals surface area contributed by atoms with Crippen LogP contribution in [0.15, 0.2) is 0 Å². The zero-order chi connectivity index (χ0) is 11.8. The van der Waals surface area contributed by atoms with Gasteiger partial charge >= 0.3 is 91.0 Å². The third kappa shape index (κ3) is 1.00. The molecular weight excluding hydrogens is 252 g/mol. The summed E-state index contributed by atoms with van der Waals surface area (Å²) in [7, 11) is 0. The van der Waals surface area contributed by atoms with Crippen LogP contribution in [-0.4, -0.2) is 24.9 Å². The molecule has 0 amide bonds. The quantitative estimate of drug-likeness (QED) is 0.494. The first-order valence-electron chi connectivity index (χ1n) is 5.85. The first-order chi connectivity index (χ1) is 7.16. The summed E-state index contributed by atoms with van der Waals surface area (Å²) in [6, 6.07) is 0. The molecule has 0 radical (unpaired) electrons. The molecule has 3 aliphatic rings. The molecule has 3 rings (SSSR count). The van der Waals surface area contributed by atoms with Crippen LogP contribution < -0.4 is 0 Å². The van der Waals surface area contributed by atoms with E-state index in [1.165, 1.54) is 0 Å². The van der Waals surface area contributed by atoms with Crippen LogP contribution in [0.1, 0.15) is 20.8 Å². The maximum absolute atomic E-state index is 13.5. The fraction of sp³-hybridized carbons (Fsp3) is 1.00. The Morgan fingerprint density at radius 3 is 1.81 bits per heavy atom. The predicted octanol–water partition coefficient (Wildman–Crippen LogP) is 1.79. The van der Waals surface area contributed by atoms with Crippen molar-refractivity contribution in [1.29, 1.82) is 0 Å². The number of hydrogen-bond donors (Lipinski definition) is 0. The molecule has 94 valence electrons. The number of hydrogen-bond acceptors (Lipinski definition) is 6. The van der Waals surface area contributed by atoms with Crippen molar-refractivity contribution in [3.63, 3.8) is 0 Å². The molecule has 16 heavy (non-hydrogen) atoms. The molecule has 1 spiro atoms. The monoisotopic (exact) mass is 270 g/mol. The molecule has 3 atom stereocenters. The molecule has 0 aromatic carbocycles. The number of rotatable bonds is 0. The van der Waals surface area contributed by atoms with Crippen molar-refractivity contribution in [3.05, 3.63) is 0 Å². The average Bonchev–Trinajstić information content (AvgIpc) is 2.08. The van der Waals surface area contributed by atoms with Gasteiger partial charge in [-0.1, -0.05) is 0 Å². The molecule has 0 aliphatic carbocycles. The molecule has 6 nitrogen and oxygen atoms in total. The van der Waals surface area contributed by atoms with Crippen LogP contribution in [0.4, 0.5) is 0 Å². The van der Waals surface area contributed by atoms with Crippen molar-refractivity contribution < 1.29 is 35.9 Å². The average molecular weight is 270 g/mol. The van der Waals surface area contributed by atoms with Crippen LogP contribution in [-0.2, 0) is 35.9 Å². The maximum atomic E-state index is 13.5. The van der Waals surface area contributed by atoms with E-state index in [2.05, 4.69) is 0 Å². The second-order valence-corrected chi connectivity index (χ2v) is 16.7. The SMILES string of the molecule is CC1C[O][Ti]23(=[O])([CH2]C(C)[O]2)([CH2]C(C)[O]3)[O]O1. The molecule has 0 N–H and O–H groups in total. The standard InChI is InChI=1S/C3H7O3.2C3H6O.O.Ti/c1-3(2-4)6-5;2*1-3(2)4;;/h3,5H,2H2,1H3;2*3H,1H2,2H3;;/q3*-1;;+4/p-1. The zero-order valence-electron chi connectivity index (χ0n) is 9.80. The molecule has 0 aromatic heterocycles. The topological polar surface area (TPSA) is 63.2 Å². The minimum atomic E-state index is -6.29. The van der Waals surface area contributed by atoms with E-state index in [4.69, 9.17) is 18.3 Å². The first kappa shape index (κ1) is 11.4. The third-order valence-electron chi connectivity index (χ3n) is 4.04. The van der Waals surface area contributed by atoms with E-state index in [0.717, 1.165) is 0 Å². The fourth-order valence-corrected chi connectivity index (χ4v) is 16.2. The van der Waals surface area contributed by atoms with Gasteiger partial charge in [-0.25, -0.2) is 0 Å². The molecule has 3 saturated heterocycles. The molecule has 3 unspecified atom stereocenters. The predicted molar refractivity (Wildman–Crippen MR) is 49.0 cm³/mol. The summed E-state index contributed by atoms with van der Waals surface area (Å²) in [4.78, 5) is 5.08. The minimum absolute atomic E-state index is 0.148. The van der Waals surface area contributed by atoms with E-state index in [1.54, 1.807) is 6.92 Å². The summed E-state index contributed by atoms with van der Waals surface area (Å²) in [6.45, 7) is 5.55. The van der Waals surface area contributed by atoms with Crippen LogP contribution in [0.5, 0.6) is 0 Å². The Bertz CT molecular complexity index is 419. The van der Waals surface area contributed by atoms with Gasteiger partial charge in [0.1, 0.15) is 0 Å². The Balaban J connectivity index is 2.08. The van der Waals surface area contributed by atoms with Crippen LogP contribution in [0, 0.1) is 0 Å². The molecule has 7 heteroatoms. The van der Waals surface area contributed by atoms with Gasteiger partial charge < -0.3 is 0 Å². The molecule has 3 aliphatic heterocycles. The zero-order valence-corrected chi connectivity index (χ0v) is 11.4. The van der Waals surface area contributed by atoms with Gasteiger partial charge in [0.15, 0.2) is 0 Å². The summed E-state index contributed by atoms with van der Waals surface area (Å²) < 4.78 is 35.6. The van der Waals surface area contributed by atoms with Crippen molar-refractivity contribution in [2.75, 3.05) is 6.61 Å². The van der Waals surface area contributed by atoms with Crippen molar-refractivity contribution in [2.24, 2.45) is 0 Å². The summed E-state index contributed by atoms with van der Waals surface area (Å²) in [5.74, 6) is 0. The van der Waals surface area contributed by atoms with Crippen LogP contribution in [0.2, 0.25) is 9.45 Å². The third-order valence-corrected chi connectivity index (χ3v) is 15.4. The summed E-state index contributed by atoms with van der Waals surface area (Å²) >= 11 is -6.29. The molecule has 0 aromatic rings. The Morgan fingerprint density at radius 1 is 1.00 bits per heavy atom. The van der Waals surface area contributed by atoms with Crippen molar-refractivity contribution in [2.45, 2.75) is 48.5 Å². The van der Waals surface area contributed by atoms with E-state index < -0.39 is 14.3 Å². The van der Waals surface area contributed by atoms with Gasteiger partial charge in [-0.05, 0) is 0 Å². The Labute approximate surface area is 91.2 Å². The van der Waals surface area contributed by atoms with Gasteiger partial charge in [-0.2, -0.15) is 0 Å². The van der Waals surface area contributed by atoms with Gasteiger partial charge in [0.25, 0.3) is 0 Å². The van der Waals surface area contributed by atoms with Gasteiger partial charge in [-0.15, -0.1) is 0 Å². The van der Waals surface area contributed by atoms with Gasteiger partial charge in [0, 0.05) is 0 Å². The fourth-order valence-electron chi connectivity index (χ4n) is 3.94. The Morgan fingerprint density at radius 2 is 1.50 bits per heavy atom. The van der Waals surface area contributed by atoms with E-state index in [0.29, 0.717) is 0 Å².